The maximum absolute atomic E-state index is 13.5. The fraction of sp³-hybridized carbons (Fsp3) is 0.261. The minimum Gasteiger partial charge on any atom is -0.329 e. The predicted molar refractivity (Wildman–Crippen MR) is 110 cm³/mol. The third-order valence-electron chi connectivity index (χ3n) is 6.30. The first-order valence-corrected chi connectivity index (χ1v) is 10.0. The number of aromatic nitrogens is 2. The van der Waals surface area contributed by atoms with E-state index < -0.39 is 29.5 Å². The Hall–Kier alpha value is -3.55. The first-order valence-electron chi connectivity index (χ1n) is 10.0. The lowest BCUT2D eigenvalue weighted by Gasteiger charge is -2.34. The normalized spacial score (nSPS) is 22.3. The number of halogens is 2. The fourth-order valence-electron chi connectivity index (χ4n) is 4.95. The molecule has 6 nitrogen and oxygen atoms in total. The van der Waals surface area contributed by atoms with Gasteiger partial charge in [-0.1, -0.05) is 48.5 Å². The number of para-hydroxylation sites is 1. The van der Waals surface area contributed by atoms with Crippen molar-refractivity contribution in [1.29, 1.82) is 0 Å². The van der Waals surface area contributed by atoms with Crippen LogP contribution in [-0.4, -0.2) is 33.0 Å². The van der Waals surface area contributed by atoms with Crippen LogP contribution in [0.15, 0.2) is 60.7 Å². The van der Waals surface area contributed by atoms with Gasteiger partial charge in [0, 0.05) is 19.3 Å². The van der Waals surface area contributed by atoms with Crippen LogP contribution in [0.3, 0.4) is 0 Å². The van der Waals surface area contributed by atoms with E-state index in [2.05, 4.69) is 10.4 Å². The van der Waals surface area contributed by atoms with Crippen molar-refractivity contribution in [3.8, 4) is 0 Å². The van der Waals surface area contributed by atoms with Crippen LogP contribution in [0.25, 0.3) is 0 Å². The molecule has 2 aromatic carbocycles. The van der Waals surface area contributed by atoms with Gasteiger partial charge in [-0.25, -0.2) is 8.78 Å². The molecule has 1 aromatic heterocycles. The molecule has 0 radical (unpaired) electrons. The van der Waals surface area contributed by atoms with Crippen molar-refractivity contribution in [3.63, 3.8) is 0 Å². The summed E-state index contributed by atoms with van der Waals surface area (Å²) < 4.78 is 27.5. The number of benzene rings is 2. The van der Waals surface area contributed by atoms with Crippen molar-refractivity contribution in [3.05, 3.63) is 83.2 Å². The molecule has 3 aromatic rings. The number of alkyl halides is 2. The van der Waals surface area contributed by atoms with E-state index in [0.717, 1.165) is 22.9 Å². The summed E-state index contributed by atoms with van der Waals surface area (Å²) in [5.74, 6) is -0.582. The van der Waals surface area contributed by atoms with Gasteiger partial charge in [0.25, 0.3) is 12.3 Å². The third kappa shape index (κ3) is 2.78. The van der Waals surface area contributed by atoms with Gasteiger partial charge in [0.05, 0.1) is 6.04 Å². The maximum Gasteiger partial charge on any atom is 0.282 e. The summed E-state index contributed by atoms with van der Waals surface area (Å²) in [6.07, 6.45) is -2.34. The molecule has 0 unspecified atom stereocenters. The van der Waals surface area contributed by atoms with Gasteiger partial charge in [-0.2, -0.15) is 5.10 Å². The highest BCUT2D eigenvalue weighted by molar-refractivity contribution is 6.08. The third-order valence-corrected chi connectivity index (χ3v) is 6.30. The fourth-order valence-corrected chi connectivity index (χ4v) is 4.95. The predicted octanol–water partition coefficient (Wildman–Crippen LogP) is 3.84. The number of hydrogen-bond acceptors (Lipinski definition) is 3. The van der Waals surface area contributed by atoms with Crippen LogP contribution < -0.4 is 5.32 Å². The Morgan fingerprint density at radius 1 is 1.16 bits per heavy atom. The topological polar surface area (TPSA) is 67.2 Å². The number of nitrogens with one attached hydrogen (secondary N) is 1. The number of aryl methyl sites for hydroxylation is 1. The molecule has 0 bridgehead atoms. The molecule has 1 spiro atoms. The molecular formula is C23H20F2N4O2. The summed E-state index contributed by atoms with van der Waals surface area (Å²) in [4.78, 5) is 28.5. The van der Waals surface area contributed by atoms with E-state index >= 15 is 0 Å². The highest BCUT2D eigenvalue weighted by atomic mass is 19.3. The smallest absolute Gasteiger partial charge is 0.282 e. The molecule has 2 amide bonds. The quantitative estimate of drug-likeness (QED) is 0.698. The van der Waals surface area contributed by atoms with Gasteiger partial charge < -0.3 is 10.2 Å². The van der Waals surface area contributed by atoms with Gasteiger partial charge in [-0.05, 0) is 29.7 Å². The Labute approximate surface area is 177 Å². The zero-order chi connectivity index (χ0) is 21.8. The van der Waals surface area contributed by atoms with E-state index in [1.807, 2.05) is 54.6 Å². The van der Waals surface area contributed by atoms with Crippen LogP contribution in [0, 0.1) is 0 Å². The van der Waals surface area contributed by atoms with Gasteiger partial charge in [-0.15, -0.1) is 0 Å². The molecular weight excluding hydrogens is 402 g/mol. The number of amides is 2. The number of carbonyl (C=O) groups excluding carboxylic acids is 2. The van der Waals surface area contributed by atoms with Crippen LogP contribution in [0.2, 0.25) is 0 Å². The molecule has 0 aliphatic carbocycles. The number of rotatable bonds is 3. The lowest BCUT2D eigenvalue weighted by molar-refractivity contribution is -0.121. The molecule has 0 saturated carbocycles. The second-order valence-corrected chi connectivity index (χ2v) is 7.91. The Kier molecular flexibility index (Phi) is 4.39. The van der Waals surface area contributed by atoms with Gasteiger partial charge in [0.1, 0.15) is 16.8 Å². The molecule has 1 N–H and O–H groups in total. The molecule has 2 atom stereocenters. The first-order chi connectivity index (χ1) is 14.9. The van der Waals surface area contributed by atoms with Crippen molar-refractivity contribution in [2.45, 2.75) is 24.3 Å². The van der Waals surface area contributed by atoms with E-state index in [9.17, 15) is 18.4 Å². The largest absolute Gasteiger partial charge is 0.329 e. The van der Waals surface area contributed by atoms with Gasteiger partial charge in [0.15, 0.2) is 0 Å². The zero-order valence-corrected chi connectivity index (χ0v) is 16.8. The number of hydrogen-bond donors (Lipinski definition) is 1. The molecule has 5 rings (SSSR count). The van der Waals surface area contributed by atoms with Crippen LogP contribution in [0.5, 0.6) is 0 Å². The minimum absolute atomic E-state index is 0.0694. The summed E-state index contributed by atoms with van der Waals surface area (Å²) in [7, 11) is 1.47. The number of anilines is 1. The van der Waals surface area contributed by atoms with Crippen molar-refractivity contribution in [1.82, 2.24) is 14.7 Å². The molecule has 31 heavy (non-hydrogen) atoms. The van der Waals surface area contributed by atoms with Gasteiger partial charge in [-0.3, -0.25) is 14.3 Å². The standard InChI is InChI=1S/C23H20F2N4O2/c1-28-18(13-17(27-28)20(24)25)21(30)29-12-11-23(19(29)14-7-3-2-4-8-14)15-9-5-6-10-16(15)26-22(23)31/h2-10,13,19-20H,11-12H2,1H3,(H,26,31)/t19-,23+/m0/s1. The summed E-state index contributed by atoms with van der Waals surface area (Å²) in [6, 6.07) is 17.4. The highest BCUT2D eigenvalue weighted by Crippen LogP contribution is 2.54. The highest BCUT2D eigenvalue weighted by Gasteiger charge is 2.59. The number of likely N-dealkylation sites (tertiary alicyclic amines) is 1. The summed E-state index contributed by atoms with van der Waals surface area (Å²) in [5.41, 5.74) is 1.08. The molecule has 3 heterocycles. The lowest BCUT2D eigenvalue weighted by Crippen LogP contribution is -2.43. The van der Waals surface area contributed by atoms with Crippen molar-refractivity contribution in [2.75, 3.05) is 11.9 Å². The number of carbonyl (C=O) groups is 2. The van der Waals surface area contributed by atoms with E-state index in [4.69, 9.17) is 0 Å². The van der Waals surface area contributed by atoms with Crippen LogP contribution in [0.4, 0.5) is 14.5 Å². The minimum atomic E-state index is -2.77. The van der Waals surface area contributed by atoms with Crippen LogP contribution in [-0.2, 0) is 17.3 Å². The summed E-state index contributed by atoms with van der Waals surface area (Å²) >= 11 is 0. The molecule has 8 heteroatoms. The molecule has 158 valence electrons. The summed E-state index contributed by atoms with van der Waals surface area (Å²) in [6.45, 7) is 0.315. The zero-order valence-electron chi connectivity index (χ0n) is 16.8. The number of nitrogens with zero attached hydrogens (tertiary/aromatic N) is 3. The Morgan fingerprint density at radius 3 is 2.58 bits per heavy atom. The first kappa shape index (κ1) is 19.4. The molecule has 2 aliphatic heterocycles. The maximum atomic E-state index is 13.5. The van der Waals surface area contributed by atoms with E-state index in [0.29, 0.717) is 13.0 Å². The Morgan fingerprint density at radius 2 is 1.87 bits per heavy atom. The average molecular weight is 422 g/mol. The molecule has 2 aliphatic rings. The van der Waals surface area contributed by atoms with Crippen LogP contribution in [0.1, 0.15) is 46.2 Å². The van der Waals surface area contributed by atoms with E-state index in [-0.39, 0.29) is 11.6 Å². The van der Waals surface area contributed by atoms with Crippen molar-refractivity contribution < 1.29 is 18.4 Å². The van der Waals surface area contributed by atoms with Gasteiger partial charge >= 0.3 is 0 Å². The Balaban J connectivity index is 1.64. The van der Waals surface area contributed by atoms with Crippen molar-refractivity contribution in [2.24, 2.45) is 7.05 Å². The second-order valence-electron chi connectivity index (χ2n) is 7.91. The van der Waals surface area contributed by atoms with E-state index in [1.54, 1.807) is 4.90 Å². The lowest BCUT2D eigenvalue weighted by atomic mass is 9.72. The Bertz CT molecular complexity index is 1180. The number of fused-ring (bicyclic) bond motifs is 2. The monoisotopic (exact) mass is 422 g/mol. The molecule has 1 saturated heterocycles. The SMILES string of the molecule is Cn1nc(C(F)F)cc1C(=O)N1CC[C@]2(C(=O)Nc3ccccc32)[C@@H]1c1ccccc1. The summed E-state index contributed by atoms with van der Waals surface area (Å²) in [5, 5.41) is 6.75. The van der Waals surface area contributed by atoms with Crippen LogP contribution >= 0.6 is 0 Å². The van der Waals surface area contributed by atoms with E-state index in [1.165, 1.54) is 11.7 Å². The average Bonchev–Trinajstić information content (AvgIpc) is 3.44. The van der Waals surface area contributed by atoms with Gasteiger partial charge in [0.2, 0.25) is 5.91 Å². The second kappa shape index (κ2) is 7.01. The van der Waals surface area contributed by atoms with Crippen molar-refractivity contribution >= 4 is 17.5 Å². The molecule has 1 fully saturated rings.